The van der Waals surface area contributed by atoms with Crippen molar-refractivity contribution in [1.82, 2.24) is 5.01 Å². The van der Waals surface area contributed by atoms with E-state index in [9.17, 15) is 24.8 Å². The van der Waals surface area contributed by atoms with Crippen LogP contribution in [0.15, 0.2) is 29.4 Å². The van der Waals surface area contributed by atoms with Crippen LogP contribution < -0.4 is 0 Å². The van der Waals surface area contributed by atoms with Crippen molar-refractivity contribution in [2.75, 3.05) is 0 Å². The summed E-state index contributed by atoms with van der Waals surface area (Å²) in [6, 6.07) is 2.28. The van der Waals surface area contributed by atoms with Crippen molar-refractivity contribution in [3.63, 3.8) is 0 Å². The molecule has 2 fully saturated rings. The summed E-state index contributed by atoms with van der Waals surface area (Å²) >= 11 is 5.81. The SMILES string of the molecule is O=C1[C@@H]2[C@H](C(=O)N1N=Cc1cc(Cl)cc([N+](=O)[O-])c1O)[C@H]1C=C[C@H]2C1. The molecule has 0 radical (unpaired) electrons. The molecule has 25 heavy (non-hydrogen) atoms. The van der Waals surface area contributed by atoms with Crippen molar-refractivity contribution in [3.8, 4) is 5.75 Å². The van der Waals surface area contributed by atoms with E-state index in [1.807, 2.05) is 12.2 Å². The van der Waals surface area contributed by atoms with Gasteiger partial charge in [0.25, 0.3) is 11.8 Å². The number of aromatic hydroxyl groups is 1. The average molecular weight is 362 g/mol. The van der Waals surface area contributed by atoms with Gasteiger partial charge in [-0.1, -0.05) is 23.8 Å². The highest BCUT2D eigenvalue weighted by Crippen LogP contribution is 2.52. The molecule has 1 aromatic carbocycles. The second-order valence-corrected chi connectivity index (χ2v) is 6.79. The summed E-state index contributed by atoms with van der Waals surface area (Å²) in [6.07, 6.45) is 5.79. The molecule has 1 saturated heterocycles. The zero-order valence-electron chi connectivity index (χ0n) is 12.7. The fraction of sp³-hybridized carbons (Fsp3) is 0.312. The predicted molar refractivity (Wildman–Crippen MR) is 86.9 cm³/mol. The van der Waals surface area contributed by atoms with Crippen LogP contribution in [-0.4, -0.2) is 33.1 Å². The number of rotatable bonds is 3. The van der Waals surface area contributed by atoms with Crippen LogP contribution in [0, 0.1) is 33.8 Å². The quantitative estimate of drug-likeness (QED) is 0.291. The third kappa shape index (κ3) is 2.25. The van der Waals surface area contributed by atoms with Gasteiger partial charge >= 0.3 is 5.69 Å². The van der Waals surface area contributed by atoms with E-state index in [2.05, 4.69) is 5.10 Å². The molecule has 2 amide bonds. The van der Waals surface area contributed by atoms with E-state index >= 15 is 0 Å². The van der Waals surface area contributed by atoms with E-state index in [0.717, 1.165) is 23.7 Å². The smallest absolute Gasteiger partial charge is 0.312 e. The van der Waals surface area contributed by atoms with Gasteiger partial charge in [-0.25, -0.2) is 0 Å². The van der Waals surface area contributed by atoms with Gasteiger partial charge in [-0.2, -0.15) is 10.1 Å². The highest BCUT2D eigenvalue weighted by molar-refractivity contribution is 6.31. The molecule has 3 aliphatic rings. The first-order valence-corrected chi connectivity index (χ1v) is 8.03. The van der Waals surface area contributed by atoms with Gasteiger partial charge in [0.15, 0.2) is 0 Å². The van der Waals surface area contributed by atoms with Crippen LogP contribution in [0.25, 0.3) is 0 Å². The summed E-state index contributed by atoms with van der Waals surface area (Å²) < 4.78 is 0. The Morgan fingerprint density at radius 2 is 1.84 bits per heavy atom. The minimum Gasteiger partial charge on any atom is -0.502 e. The zero-order chi connectivity index (χ0) is 17.9. The lowest BCUT2D eigenvalue weighted by Gasteiger charge is -2.13. The van der Waals surface area contributed by atoms with Crippen molar-refractivity contribution in [2.24, 2.45) is 28.8 Å². The number of hydrogen-bond donors (Lipinski definition) is 1. The monoisotopic (exact) mass is 361 g/mol. The van der Waals surface area contributed by atoms with Gasteiger partial charge in [-0.05, 0) is 24.3 Å². The van der Waals surface area contributed by atoms with Crippen LogP contribution in [-0.2, 0) is 9.59 Å². The maximum Gasteiger partial charge on any atom is 0.312 e. The number of benzene rings is 1. The number of imide groups is 1. The van der Waals surface area contributed by atoms with E-state index in [1.54, 1.807) is 0 Å². The molecule has 9 heteroatoms. The Morgan fingerprint density at radius 1 is 1.24 bits per heavy atom. The molecule has 1 aromatic rings. The Bertz CT molecular complexity index is 851. The normalized spacial score (nSPS) is 29.9. The minimum atomic E-state index is -0.779. The number of hydrazone groups is 1. The van der Waals surface area contributed by atoms with Crippen LogP contribution in [0.1, 0.15) is 12.0 Å². The third-order valence-corrected chi connectivity index (χ3v) is 5.26. The lowest BCUT2D eigenvalue weighted by atomic mass is 9.85. The first-order valence-electron chi connectivity index (χ1n) is 7.65. The molecule has 2 aliphatic carbocycles. The van der Waals surface area contributed by atoms with Gasteiger partial charge in [-0.3, -0.25) is 19.7 Å². The summed E-state index contributed by atoms with van der Waals surface area (Å²) in [5, 5.41) is 25.6. The maximum atomic E-state index is 12.5. The molecule has 0 aromatic heterocycles. The van der Waals surface area contributed by atoms with E-state index in [1.165, 1.54) is 6.07 Å². The Morgan fingerprint density at radius 3 is 2.40 bits per heavy atom. The molecule has 1 aliphatic heterocycles. The lowest BCUT2D eigenvalue weighted by Crippen LogP contribution is -2.28. The molecule has 128 valence electrons. The highest BCUT2D eigenvalue weighted by atomic mass is 35.5. The molecule has 1 saturated carbocycles. The molecule has 0 unspecified atom stereocenters. The van der Waals surface area contributed by atoms with Gasteiger partial charge in [-0.15, -0.1) is 0 Å². The van der Waals surface area contributed by atoms with E-state index in [-0.39, 0.29) is 46.1 Å². The molecule has 1 heterocycles. The second-order valence-electron chi connectivity index (χ2n) is 6.35. The van der Waals surface area contributed by atoms with Crippen molar-refractivity contribution < 1.29 is 19.6 Å². The number of carbonyl (C=O) groups is 2. The van der Waals surface area contributed by atoms with Crippen molar-refractivity contribution >= 4 is 35.3 Å². The molecular formula is C16H12ClN3O5. The van der Waals surface area contributed by atoms with E-state index < -0.39 is 16.4 Å². The van der Waals surface area contributed by atoms with Crippen LogP contribution >= 0.6 is 11.6 Å². The van der Waals surface area contributed by atoms with E-state index in [4.69, 9.17) is 11.6 Å². The first-order chi connectivity index (χ1) is 11.9. The number of amides is 2. The number of carbonyl (C=O) groups excluding carboxylic acids is 2. The second kappa shape index (κ2) is 5.38. The number of nitrogens with zero attached hydrogens (tertiary/aromatic N) is 3. The molecule has 4 rings (SSSR count). The Labute approximate surface area is 146 Å². The van der Waals surface area contributed by atoms with Crippen molar-refractivity contribution in [1.29, 1.82) is 0 Å². The number of fused-ring (bicyclic) bond motifs is 5. The largest absolute Gasteiger partial charge is 0.502 e. The van der Waals surface area contributed by atoms with Gasteiger partial charge in [0, 0.05) is 16.7 Å². The topological polar surface area (TPSA) is 113 Å². The number of allylic oxidation sites excluding steroid dienone is 2. The lowest BCUT2D eigenvalue weighted by molar-refractivity contribution is -0.385. The number of phenolic OH excluding ortho intramolecular Hbond substituents is 1. The number of nitro benzene ring substituents is 1. The van der Waals surface area contributed by atoms with Crippen LogP contribution in [0.3, 0.4) is 0 Å². The highest BCUT2D eigenvalue weighted by Gasteiger charge is 2.59. The first kappa shape index (κ1) is 15.8. The predicted octanol–water partition coefficient (Wildman–Crippen LogP) is 2.09. The number of phenols is 1. The molecular weight excluding hydrogens is 350 g/mol. The molecule has 2 bridgehead atoms. The fourth-order valence-electron chi connectivity index (χ4n) is 3.96. The van der Waals surface area contributed by atoms with Gasteiger partial charge < -0.3 is 5.11 Å². The minimum absolute atomic E-state index is 0.0316. The summed E-state index contributed by atoms with van der Waals surface area (Å²) in [5.74, 6) is -2.03. The molecule has 4 atom stereocenters. The molecule has 8 nitrogen and oxygen atoms in total. The van der Waals surface area contributed by atoms with Crippen molar-refractivity contribution in [2.45, 2.75) is 6.42 Å². The molecule has 1 N–H and O–H groups in total. The van der Waals surface area contributed by atoms with Crippen LogP contribution in [0.2, 0.25) is 5.02 Å². The number of nitro groups is 1. The summed E-state index contributed by atoms with van der Waals surface area (Å²) in [4.78, 5) is 35.1. The summed E-state index contributed by atoms with van der Waals surface area (Å²) in [5.41, 5.74) is -0.620. The summed E-state index contributed by atoms with van der Waals surface area (Å²) in [6.45, 7) is 0. The maximum absolute atomic E-state index is 12.5. The summed E-state index contributed by atoms with van der Waals surface area (Å²) in [7, 11) is 0. The van der Waals surface area contributed by atoms with Gasteiger partial charge in [0.1, 0.15) is 0 Å². The van der Waals surface area contributed by atoms with E-state index in [0.29, 0.717) is 0 Å². The number of hydrogen-bond acceptors (Lipinski definition) is 6. The van der Waals surface area contributed by atoms with Crippen molar-refractivity contribution in [3.05, 3.63) is 45.0 Å². The number of halogens is 1. The Hall–Kier alpha value is -2.74. The van der Waals surface area contributed by atoms with Gasteiger partial charge in [0.05, 0.1) is 23.0 Å². The third-order valence-electron chi connectivity index (χ3n) is 5.04. The Kier molecular flexibility index (Phi) is 3.40. The standard InChI is InChI=1S/C16H12ClN3O5/c17-10-4-9(14(21)11(5-10)20(24)25)6-18-19-15(22)12-7-1-2-8(3-7)13(12)16(19)23/h1-2,4-8,12-13,21H,3H2/t7-,8-,12-,13+/m0/s1. The van der Waals surface area contributed by atoms with Crippen LogP contribution in [0.4, 0.5) is 5.69 Å². The average Bonchev–Trinajstić information content (AvgIpc) is 3.23. The molecule has 0 spiro atoms. The van der Waals surface area contributed by atoms with Gasteiger partial charge in [0.2, 0.25) is 5.75 Å². The fourth-order valence-corrected chi connectivity index (χ4v) is 4.18. The Balaban J connectivity index is 1.64. The zero-order valence-corrected chi connectivity index (χ0v) is 13.5. The van der Waals surface area contributed by atoms with Crippen LogP contribution in [0.5, 0.6) is 5.75 Å².